The molecule has 0 bridgehead atoms. The van der Waals surface area contributed by atoms with Gasteiger partial charge in [-0.3, -0.25) is 25.0 Å². The first-order chi connectivity index (χ1) is 19.4. The number of para-hydroxylation sites is 1. The van der Waals surface area contributed by atoms with E-state index < -0.39 is 15.2 Å². The zero-order valence-corrected chi connectivity index (χ0v) is 22.0. The molecule has 1 unspecified atom stereocenters. The highest BCUT2D eigenvalue weighted by Gasteiger charge is 2.38. The van der Waals surface area contributed by atoms with E-state index in [0.29, 0.717) is 32.5 Å². The number of nitrogens with zero attached hydrogens (tertiary/aromatic N) is 7. The molecule has 6 rings (SSSR count). The zero-order valence-electron chi connectivity index (χ0n) is 20.4. The average Bonchev–Trinajstić information content (AvgIpc) is 3.72. The molecule has 0 N–H and O–H groups in total. The van der Waals surface area contributed by atoms with Crippen LogP contribution in [-0.2, 0) is 4.79 Å². The molecule has 198 valence electrons. The Labute approximate surface area is 234 Å². The van der Waals surface area contributed by atoms with Crippen LogP contribution in [0.1, 0.15) is 10.9 Å². The van der Waals surface area contributed by atoms with Crippen LogP contribution < -0.4 is 4.90 Å². The fourth-order valence-electron chi connectivity index (χ4n) is 4.32. The van der Waals surface area contributed by atoms with Gasteiger partial charge in [0.2, 0.25) is 10.2 Å². The van der Waals surface area contributed by atoms with Crippen LogP contribution in [0.25, 0.3) is 27.5 Å². The molecule has 0 radical (unpaired) electrons. The number of hydrogen-bond acceptors (Lipinski definition) is 11. The standard InChI is InChI=1S/C26H17N7O5S2/c34-22-15-30(26-28-27-24(40-26)17-7-5-11-20(13-17)33(37)38)25(39-22)21-14-31(18-8-2-1-3-9-18)29-23(21)16-6-4-10-19(12-16)32(35)36/h1-14,25H,15H2. The molecule has 3 heterocycles. The quantitative estimate of drug-likeness (QED) is 0.177. The van der Waals surface area contributed by atoms with Crippen molar-refractivity contribution < 1.29 is 14.6 Å². The van der Waals surface area contributed by atoms with Crippen LogP contribution >= 0.6 is 23.1 Å². The van der Waals surface area contributed by atoms with E-state index in [-0.39, 0.29) is 23.0 Å². The topological polar surface area (TPSA) is 150 Å². The number of non-ortho nitro benzene ring substituents is 2. The van der Waals surface area contributed by atoms with Gasteiger partial charge in [0.25, 0.3) is 11.4 Å². The van der Waals surface area contributed by atoms with Crippen molar-refractivity contribution in [3.63, 3.8) is 0 Å². The number of aromatic nitrogens is 4. The summed E-state index contributed by atoms with van der Waals surface area (Å²) in [5, 5.41) is 36.3. The monoisotopic (exact) mass is 571 g/mol. The van der Waals surface area contributed by atoms with Crippen LogP contribution in [0.4, 0.5) is 16.5 Å². The summed E-state index contributed by atoms with van der Waals surface area (Å²) in [6.45, 7) is 0.0593. The number of carbonyl (C=O) groups is 1. The second-order valence-corrected chi connectivity index (χ2v) is 10.8. The molecule has 40 heavy (non-hydrogen) atoms. The highest BCUT2D eigenvalue weighted by atomic mass is 32.2. The fourth-order valence-corrected chi connectivity index (χ4v) is 6.32. The van der Waals surface area contributed by atoms with Crippen molar-refractivity contribution in [3.05, 3.63) is 111 Å². The third-order valence-corrected chi connectivity index (χ3v) is 8.28. The van der Waals surface area contributed by atoms with Crippen LogP contribution in [-0.4, -0.2) is 41.5 Å². The fraction of sp³-hybridized carbons (Fsp3) is 0.0769. The number of anilines is 1. The predicted molar refractivity (Wildman–Crippen MR) is 150 cm³/mol. The molecule has 0 amide bonds. The number of carbonyl (C=O) groups excluding carboxylic acids is 1. The molecule has 3 aromatic carbocycles. The smallest absolute Gasteiger partial charge is 0.270 e. The Morgan fingerprint density at radius 3 is 2.23 bits per heavy atom. The Kier molecular flexibility index (Phi) is 6.53. The molecule has 5 aromatic rings. The largest absolute Gasteiger partial charge is 0.322 e. The molecule has 1 fully saturated rings. The number of rotatable bonds is 7. The molecule has 1 saturated heterocycles. The van der Waals surface area contributed by atoms with Crippen LogP contribution in [0.3, 0.4) is 0 Å². The van der Waals surface area contributed by atoms with Crippen LogP contribution in [0.15, 0.2) is 85.1 Å². The Hall–Kier alpha value is -4.95. The molecule has 2 aromatic heterocycles. The second kappa shape index (κ2) is 10.3. The Morgan fingerprint density at radius 1 is 0.850 bits per heavy atom. The van der Waals surface area contributed by atoms with Gasteiger partial charge in [-0.05, 0) is 12.1 Å². The molecular formula is C26H17N7O5S2. The third kappa shape index (κ3) is 4.81. The van der Waals surface area contributed by atoms with Crippen molar-refractivity contribution in [3.8, 4) is 27.5 Å². The van der Waals surface area contributed by atoms with E-state index in [0.717, 1.165) is 17.4 Å². The number of nitro groups is 2. The maximum Gasteiger partial charge on any atom is 0.270 e. The van der Waals surface area contributed by atoms with Crippen LogP contribution in [0.2, 0.25) is 0 Å². The van der Waals surface area contributed by atoms with Crippen molar-refractivity contribution >= 4 is 44.7 Å². The van der Waals surface area contributed by atoms with Gasteiger partial charge in [-0.2, -0.15) is 5.10 Å². The van der Waals surface area contributed by atoms with Gasteiger partial charge in [0.05, 0.1) is 27.8 Å². The van der Waals surface area contributed by atoms with Crippen molar-refractivity contribution in [1.29, 1.82) is 0 Å². The Morgan fingerprint density at radius 2 is 1.52 bits per heavy atom. The summed E-state index contributed by atoms with van der Waals surface area (Å²) in [4.78, 5) is 36.3. The van der Waals surface area contributed by atoms with E-state index in [2.05, 4.69) is 10.2 Å². The van der Waals surface area contributed by atoms with E-state index in [1.807, 2.05) is 36.5 Å². The zero-order chi connectivity index (χ0) is 27.8. The molecule has 1 aliphatic heterocycles. The van der Waals surface area contributed by atoms with Gasteiger partial charge in [-0.1, -0.05) is 65.6 Å². The van der Waals surface area contributed by atoms with E-state index >= 15 is 0 Å². The first-order valence-corrected chi connectivity index (χ1v) is 13.5. The van der Waals surface area contributed by atoms with Gasteiger partial charge < -0.3 is 4.90 Å². The van der Waals surface area contributed by atoms with Crippen molar-refractivity contribution in [2.45, 2.75) is 5.37 Å². The molecule has 12 nitrogen and oxygen atoms in total. The third-order valence-electron chi connectivity index (χ3n) is 6.15. The van der Waals surface area contributed by atoms with Crippen molar-refractivity contribution in [2.75, 3.05) is 11.4 Å². The SMILES string of the molecule is O=C1CN(c2nnc(-c3cccc([N+](=O)[O-])c3)s2)C(c2cn(-c3ccccc3)nc2-c2cccc([N+](=O)[O-])c2)S1. The maximum atomic E-state index is 12.8. The minimum Gasteiger partial charge on any atom is -0.322 e. The number of benzene rings is 3. The normalized spacial score (nSPS) is 14.9. The second-order valence-electron chi connectivity index (χ2n) is 8.69. The molecule has 14 heteroatoms. The van der Waals surface area contributed by atoms with Gasteiger partial charge in [-0.25, -0.2) is 4.68 Å². The highest BCUT2D eigenvalue weighted by molar-refractivity contribution is 8.14. The van der Waals surface area contributed by atoms with E-state index in [4.69, 9.17) is 5.10 Å². The highest BCUT2D eigenvalue weighted by Crippen LogP contribution is 2.46. The van der Waals surface area contributed by atoms with Gasteiger partial charge in [-0.15, -0.1) is 10.2 Å². The van der Waals surface area contributed by atoms with E-state index in [1.165, 1.54) is 35.6 Å². The summed E-state index contributed by atoms with van der Waals surface area (Å²) in [6, 6.07) is 21.7. The minimum atomic E-state index is -0.537. The van der Waals surface area contributed by atoms with Gasteiger partial charge in [0.15, 0.2) is 0 Å². The lowest BCUT2D eigenvalue weighted by Gasteiger charge is -2.21. The molecule has 1 aliphatic rings. The first-order valence-electron chi connectivity index (χ1n) is 11.8. The summed E-state index contributed by atoms with van der Waals surface area (Å²) >= 11 is 2.32. The number of nitro benzene ring substituents is 2. The van der Waals surface area contributed by atoms with Crippen LogP contribution in [0.5, 0.6) is 0 Å². The average molecular weight is 572 g/mol. The Balaban J connectivity index is 1.43. The number of thioether (sulfide) groups is 1. The summed E-state index contributed by atoms with van der Waals surface area (Å²) in [7, 11) is 0. The lowest BCUT2D eigenvalue weighted by Crippen LogP contribution is -2.23. The van der Waals surface area contributed by atoms with Crippen molar-refractivity contribution in [2.24, 2.45) is 0 Å². The molecule has 0 saturated carbocycles. The van der Waals surface area contributed by atoms with Crippen LogP contribution in [0, 0.1) is 20.2 Å². The molecule has 0 spiro atoms. The molecule has 1 atom stereocenters. The summed E-state index contributed by atoms with van der Waals surface area (Å²) < 4.78 is 1.68. The van der Waals surface area contributed by atoms with E-state index in [1.54, 1.807) is 33.8 Å². The minimum absolute atomic E-state index is 0.0593. The van der Waals surface area contributed by atoms with E-state index in [9.17, 15) is 25.0 Å². The summed E-state index contributed by atoms with van der Waals surface area (Å²) in [6.07, 6.45) is 1.81. The first kappa shape index (κ1) is 25.3. The lowest BCUT2D eigenvalue weighted by atomic mass is 10.1. The summed E-state index contributed by atoms with van der Waals surface area (Å²) in [5.74, 6) is 0. The van der Waals surface area contributed by atoms with Crippen molar-refractivity contribution in [1.82, 2.24) is 20.0 Å². The Bertz CT molecular complexity index is 1770. The van der Waals surface area contributed by atoms with Gasteiger partial charge in [0.1, 0.15) is 10.4 Å². The predicted octanol–water partition coefficient (Wildman–Crippen LogP) is 5.65. The van der Waals surface area contributed by atoms with Gasteiger partial charge in [0, 0.05) is 47.2 Å². The summed E-state index contributed by atoms with van der Waals surface area (Å²) in [5.41, 5.74) is 2.89. The maximum absolute atomic E-state index is 12.8. The molecule has 0 aliphatic carbocycles. The lowest BCUT2D eigenvalue weighted by molar-refractivity contribution is -0.385. The molecular weight excluding hydrogens is 554 g/mol. The van der Waals surface area contributed by atoms with Gasteiger partial charge >= 0.3 is 0 Å². The number of hydrogen-bond donors (Lipinski definition) is 0.